The third kappa shape index (κ3) is 6.02. The van der Waals surface area contributed by atoms with Crippen LogP contribution in [0, 0.1) is 20.2 Å². The number of nitrogens with one attached hydrogen (secondary N) is 1. The minimum Gasteiger partial charge on any atom is -0.388 e. The topological polar surface area (TPSA) is 119 Å². The summed E-state index contributed by atoms with van der Waals surface area (Å²) in [5.74, 6) is -0.376. The number of rotatable bonds is 5. The Hall–Kier alpha value is -3.20. The van der Waals surface area contributed by atoms with Crippen molar-refractivity contribution in [3.63, 3.8) is 0 Å². The molecule has 1 N–H and O–H groups in total. The number of nitro benzene ring substituents is 2. The molecule has 0 aliphatic heterocycles. The van der Waals surface area contributed by atoms with Crippen molar-refractivity contribution in [2.75, 3.05) is 30.2 Å². The summed E-state index contributed by atoms with van der Waals surface area (Å²) in [6.45, 7) is 0. The Labute approximate surface area is 154 Å². The van der Waals surface area contributed by atoms with E-state index in [2.05, 4.69) is 5.32 Å². The monoisotopic (exact) mass is 380 g/mol. The van der Waals surface area contributed by atoms with Crippen LogP contribution in [0.1, 0.15) is 0 Å². The molecule has 1 amide bonds. The van der Waals surface area contributed by atoms with E-state index >= 15 is 0 Å². The number of carbonyl (C=O) groups is 1. The predicted molar refractivity (Wildman–Crippen MR) is 99.9 cm³/mol. The Bertz CT molecular complexity index is 765. The summed E-state index contributed by atoms with van der Waals surface area (Å²) in [7, 11) is 3.33. The van der Waals surface area contributed by atoms with E-state index in [-0.39, 0.29) is 23.2 Å². The van der Waals surface area contributed by atoms with Gasteiger partial charge in [-0.05, 0) is 24.3 Å². The molecule has 2 aromatic carbocycles. The molecule has 0 unspecified atom stereocenters. The first-order chi connectivity index (χ1) is 12.3. The highest BCUT2D eigenvalue weighted by Gasteiger charge is 2.11. The number of benzene rings is 2. The molecule has 0 spiro atoms. The van der Waals surface area contributed by atoms with Crippen LogP contribution >= 0.6 is 11.6 Å². The zero-order chi connectivity index (χ0) is 19.7. The Balaban J connectivity index is 0.000000273. The maximum Gasteiger partial charge on any atom is 0.269 e. The van der Waals surface area contributed by atoms with Gasteiger partial charge in [0.05, 0.1) is 9.85 Å². The SMILES string of the molecule is CN(C(=O)CCl)c1ccc([N+](=O)[O-])cc1.CNc1ccc([N+](=O)[O-])cc1. The first-order valence-electron chi connectivity index (χ1n) is 7.29. The maximum absolute atomic E-state index is 11.2. The highest BCUT2D eigenvalue weighted by atomic mass is 35.5. The average Bonchev–Trinajstić information content (AvgIpc) is 2.67. The second-order valence-electron chi connectivity index (χ2n) is 4.91. The van der Waals surface area contributed by atoms with Gasteiger partial charge in [-0.3, -0.25) is 25.0 Å². The summed E-state index contributed by atoms with van der Waals surface area (Å²) in [6.07, 6.45) is 0. The summed E-state index contributed by atoms with van der Waals surface area (Å²) in [6, 6.07) is 11.9. The fourth-order valence-electron chi connectivity index (χ4n) is 1.78. The van der Waals surface area contributed by atoms with Crippen molar-refractivity contribution in [1.29, 1.82) is 0 Å². The van der Waals surface area contributed by atoms with Crippen LogP contribution < -0.4 is 10.2 Å². The summed E-state index contributed by atoms with van der Waals surface area (Å²) in [5.41, 5.74) is 1.55. The number of hydrogen-bond donors (Lipinski definition) is 1. The van der Waals surface area contributed by atoms with Crippen LogP contribution in [0.2, 0.25) is 0 Å². The molecule has 0 radical (unpaired) electrons. The fraction of sp³-hybridized carbons (Fsp3) is 0.188. The normalized spacial score (nSPS) is 9.50. The van der Waals surface area contributed by atoms with E-state index in [0.29, 0.717) is 5.69 Å². The number of hydrogen-bond acceptors (Lipinski definition) is 6. The molecule has 0 atom stereocenters. The van der Waals surface area contributed by atoms with Crippen LogP contribution in [0.25, 0.3) is 0 Å². The van der Waals surface area contributed by atoms with Crippen LogP contribution in [0.4, 0.5) is 22.7 Å². The molecule has 0 fully saturated rings. The summed E-state index contributed by atoms with van der Waals surface area (Å²) >= 11 is 5.38. The third-order valence-corrected chi connectivity index (χ3v) is 3.53. The standard InChI is InChI=1S/C9H9ClN2O3.C7H8N2O2/c1-11(9(13)6-10)7-2-4-8(5-3-7)12(14)15;1-8-6-2-4-7(5-3-6)9(10)11/h2-5H,6H2,1H3;2-5,8H,1H3. The molecule has 0 aliphatic rings. The van der Waals surface area contributed by atoms with Crippen molar-refractivity contribution >= 4 is 40.3 Å². The smallest absolute Gasteiger partial charge is 0.269 e. The van der Waals surface area contributed by atoms with Crippen molar-refractivity contribution in [2.45, 2.75) is 0 Å². The Morgan fingerprint density at radius 2 is 1.42 bits per heavy atom. The van der Waals surface area contributed by atoms with E-state index in [9.17, 15) is 25.0 Å². The number of carbonyl (C=O) groups excluding carboxylic acids is 1. The van der Waals surface area contributed by atoms with E-state index in [1.54, 1.807) is 26.2 Å². The van der Waals surface area contributed by atoms with E-state index in [1.807, 2.05) is 0 Å². The highest BCUT2D eigenvalue weighted by molar-refractivity contribution is 6.29. The first kappa shape index (κ1) is 20.8. The van der Waals surface area contributed by atoms with Gasteiger partial charge in [0, 0.05) is 49.7 Å². The third-order valence-electron chi connectivity index (χ3n) is 3.30. The van der Waals surface area contributed by atoms with Gasteiger partial charge in [0.25, 0.3) is 11.4 Å². The minimum absolute atomic E-state index is 0.00882. The van der Waals surface area contributed by atoms with E-state index in [1.165, 1.54) is 41.3 Å². The number of amides is 1. The van der Waals surface area contributed by atoms with E-state index in [4.69, 9.17) is 11.6 Å². The molecule has 0 aliphatic carbocycles. The van der Waals surface area contributed by atoms with Gasteiger partial charge in [-0.2, -0.15) is 0 Å². The molecule has 138 valence electrons. The molecule has 26 heavy (non-hydrogen) atoms. The van der Waals surface area contributed by atoms with Gasteiger partial charge >= 0.3 is 0 Å². The van der Waals surface area contributed by atoms with Gasteiger partial charge < -0.3 is 10.2 Å². The van der Waals surface area contributed by atoms with Crippen LogP contribution in [0.15, 0.2) is 48.5 Å². The van der Waals surface area contributed by atoms with Gasteiger partial charge in [0.2, 0.25) is 5.91 Å². The number of non-ortho nitro benzene ring substituents is 2. The van der Waals surface area contributed by atoms with Crippen molar-refractivity contribution in [1.82, 2.24) is 0 Å². The fourth-order valence-corrected chi connectivity index (χ4v) is 1.96. The van der Waals surface area contributed by atoms with Crippen molar-refractivity contribution in [3.05, 3.63) is 68.8 Å². The van der Waals surface area contributed by atoms with Gasteiger partial charge in [-0.25, -0.2) is 0 Å². The zero-order valence-corrected chi connectivity index (χ0v) is 14.8. The molecule has 2 aromatic rings. The Kier molecular flexibility index (Phi) is 7.97. The zero-order valence-electron chi connectivity index (χ0n) is 14.1. The lowest BCUT2D eigenvalue weighted by Crippen LogP contribution is -2.27. The minimum atomic E-state index is -0.493. The lowest BCUT2D eigenvalue weighted by Gasteiger charge is -2.15. The van der Waals surface area contributed by atoms with Crippen molar-refractivity contribution in [3.8, 4) is 0 Å². The van der Waals surface area contributed by atoms with E-state index in [0.717, 1.165) is 5.69 Å². The van der Waals surface area contributed by atoms with Crippen LogP contribution in [0.5, 0.6) is 0 Å². The molecule has 0 saturated heterocycles. The predicted octanol–water partition coefficient (Wildman–Crippen LogP) is 3.43. The van der Waals surface area contributed by atoms with Gasteiger partial charge in [-0.15, -0.1) is 11.6 Å². The van der Waals surface area contributed by atoms with Gasteiger partial charge in [-0.1, -0.05) is 0 Å². The van der Waals surface area contributed by atoms with E-state index < -0.39 is 9.85 Å². The summed E-state index contributed by atoms with van der Waals surface area (Å²) < 4.78 is 0. The lowest BCUT2D eigenvalue weighted by atomic mass is 10.2. The summed E-state index contributed by atoms with van der Waals surface area (Å²) in [5, 5.41) is 23.4. The second kappa shape index (κ2) is 9.94. The molecular weight excluding hydrogens is 364 g/mol. The van der Waals surface area contributed by atoms with Gasteiger partial charge in [0.15, 0.2) is 0 Å². The molecule has 0 bridgehead atoms. The molecule has 9 nitrogen and oxygen atoms in total. The van der Waals surface area contributed by atoms with Crippen molar-refractivity contribution < 1.29 is 14.6 Å². The largest absolute Gasteiger partial charge is 0.388 e. The number of nitrogens with zero attached hydrogens (tertiary/aromatic N) is 3. The summed E-state index contributed by atoms with van der Waals surface area (Å²) in [4.78, 5) is 32.2. The highest BCUT2D eigenvalue weighted by Crippen LogP contribution is 2.18. The number of anilines is 2. The molecule has 0 saturated carbocycles. The van der Waals surface area contributed by atoms with Crippen LogP contribution in [-0.4, -0.2) is 35.7 Å². The lowest BCUT2D eigenvalue weighted by molar-refractivity contribution is -0.385. The molecule has 2 rings (SSSR count). The number of halogens is 1. The number of nitro groups is 2. The van der Waals surface area contributed by atoms with Crippen LogP contribution in [-0.2, 0) is 4.79 Å². The Morgan fingerprint density at radius 3 is 1.77 bits per heavy atom. The van der Waals surface area contributed by atoms with Crippen LogP contribution in [0.3, 0.4) is 0 Å². The maximum atomic E-state index is 11.2. The molecule has 0 aromatic heterocycles. The number of alkyl halides is 1. The quantitative estimate of drug-likeness (QED) is 0.482. The molecule has 0 heterocycles. The first-order valence-corrected chi connectivity index (χ1v) is 7.82. The molecule has 10 heteroatoms. The van der Waals surface area contributed by atoms with Gasteiger partial charge in [0.1, 0.15) is 5.88 Å². The average molecular weight is 381 g/mol. The Morgan fingerprint density at radius 1 is 1.00 bits per heavy atom. The molecular formula is C16H17ClN4O5. The second-order valence-corrected chi connectivity index (χ2v) is 5.18. The van der Waals surface area contributed by atoms with Crippen molar-refractivity contribution in [2.24, 2.45) is 0 Å².